The van der Waals surface area contributed by atoms with Crippen molar-refractivity contribution >= 4 is 11.6 Å². The van der Waals surface area contributed by atoms with Crippen LogP contribution >= 0.6 is 0 Å². The maximum Gasteiger partial charge on any atom is 0.244 e. The first-order valence-corrected chi connectivity index (χ1v) is 5.39. The number of nitrogens with two attached hydrogens (primary N) is 1. The maximum atomic E-state index is 11.8. The summed E-state index contributed by atoms with van der Waals surface area (Å²) in [5.74, 6) is 0.0231. The number of anilines is 1. The lowest BCUT2D eigenvalue weighted by Crippen LogP contribution is -2.41. The summed E-state index contributed by atoms with van der Waals surface area (Å²) >= 11 is 0. The van der Waals surface area contributed by atoms with Gasteiger partial charge in [0.15, 0.2) is 0 Å². The van der Waals surface area contributed by atoms with Crippen LogP contribution in [0.5, 0.6) is 0 Å². The molecular weight excluding hydrogens is 208 g/mol. The fraction of sp³-hybridized carbons (Fsp3) is 0.600. The molecule has 0 radical (unpaired) electrons. The van der Waals surface area contributed by atoms with Crippen LogP contribution in [0.15, 0.2) is 12.4 Å². The van der Waals surface area contributed by atoms with E-state index in [4.69, 9.17) is 5.73 Å². The zero-order valence-corrected chi connectivity index (χ0v) is 9.04. The molecule has 88 valence electrons. The molecule has 1 fully saturated rings. The number of nitrogen functional groups attached to an aromatic ring is 1. The number of hydrogen-bond donors (Lipinski definition) is 2. The van der Waals surface area contributed by atoms with Crippen LogP contribution in [0.4, 0.5) is 5.69 Å². The average molecular weight is 224 g/mol. The minimum Gasteiger partial charge on any atom is -0.396 e. The normalized spacial score (nSPS) is 17.7. The molecule has 0 saturated carbocycles. The molecule has 1 amide bonds. The quantitative estimate of drug-likeness (QED) is 0.706. The van der Waals surface area contributed by atoms with Gasteiger partial charge >= 0.3 is 0 Å². The van der Waals surface area contributed by atoms with E-state index in [1.165, 1.54) is 10.9 Å². The van der Waals surface area contributed by atoms with E-state index in [1.807, 2.05) is 0 Å². The van der Waals surface area contributed by atoms with Crippen LogP contribution in [-0.2, 0) is 11.3 Å². The second kappa shape index (κ2) is 4.52. The Morgan fingerprint density at radius 3 is 2.81 bits per heavy atom. The highest BCUT2D eigenvalue weighted by molar-refractivity contribution is 5.76. The minimum absolute atomic E-state index is 0.0231. The Labute approximate surface area is 93.6 Å². The van der Waals surface area contributed by atoms with Gasteiger partial charge in [0.1, 0.15) is 6.54 Å². The zero-order chi connectivity index (χ0) is 11.5. The van der Waals surface area contributed by atoms with Crippen molar-refractivity contribution < 1.29 is 9.90 Å². The van der Waals surface area contributed by atoms with Crippen LogP contribution in [-0.4, -0.2) is 44.9 Å². The van der Waals surface area contributed by atoms with Gasteiger partial charge in [-0.15, -0.1) is 0 Å². The van der Waals surface area contributed by atoms with Gasteiger partial charge in [-0.05, 0) is 12.8 Å². The summed E-state index contributed by atoms with van der Waals surface area (Å²) in [5.41, 5.74) is 6.07. The molecule has 1 aliphatic rings. The van der Waals surface area contributed by atoms with Crippen LogP contribution in [0.25, 0.3) is 0 Å². The van der Waals surface area contributed by atoms with Gasteiger partial charge in [-0.2, -0.15) is 5.10 Å². The highest BCUT2D eigenvalue weighted by Gasteiger charge is 2.21. The van der Waals surface area contributed by atoms with Crippen molar-refractivity contribution in [3.05, 3.63) is 12.4 Å². The number of nitrogens with zero attached hydrogens (tertiary/aromatic N) is 3. The second-order valence-electron chi connectivity index (χ2n) is 4.08. The molecule has 0 aliphatic carbocycles. The fourth-order valence-electron chi connectivity index (χ4n) is 1.82. The number of aliphatic hydroxyl groups excluding tert-OH is 1. The summed E-state index contributed by atoms with van der Waals surface area (Å²) in [7, 11) is 0. The van der Waals surface area contributed by atoms with E-state index in [0.717, 1.165) is 0 Å². The Morgan fingerprint density at radius 2 is 2.25 bits per heavy atom. The highest BCUT2D eigenvalue weighted by Crippen LogP contribution is 2.10. The molecule has 0 atom stereocenters. The number of aromatic nitrogens is 2. The summed E-state index contributed by atoms with van der Waals surface area (Å²) in [5, 5.41) is 13.3. The van der Waals surface area contributed by atoms with E-state index in [2.05, 4.69) is 5.10 Å². The third-order valence-electron chi connectivity index (χ3n) is 2.77. The summed E-state index contributed by atoms with van der Waals surface area (Å²) in [4.78, 5) is 13.6. The molecule has 6 nitrogen and oxygen atoms in total. The van der Waals surface area contributed by atoms with Gasteiger partial charge in [0.25, 0.3) is 0 Å². The first-order chi connectivity index (χ1) is 7.65. The highest BCUT2D eigenvalue weighted by atomic mass is 16.3. The number of hydrogen-bond acceptors (Lipinski definition) is 4. The van der Waals surface area contributed by atoms with Crippen molar-refractivity contribution in [3.8, 4) is 0 Å². The van der Waals surface area contributed by atoms with Gasteiger partial charge in [-0.3, -0.25) is 9.48 Å². The van der Waals surface area contributed by atoms with Crippen LogP contribution in [0, 0.1) is 0 Å². The number of carbonyl (C=O) groups is 1. The predicted molar refractivity (Wildman–Crippen MR) is 58.5 cm³/mol. The summed E-state index contributed by atoms with van der Waals surface area (Å²) in [6, 6.07) is 0. The van der Waals surface area contributed by atoms with E-state index in [9.17, 15) is 9.90 Å². The Bertz CT molecular complexity index is 369. The Balaban J connectivity index is 1.88. The largest absolute Gasteiger partial charge is 0.396 e. The zero-order valence-electron chi connectivity index (χ0n) is 9.04. The molecule has 1 aliphatic heterocycles. The lowest BCUT2D eigenvalue weighted by Gasteiger charge is -2.29. The van der Waals surface area contributed by atoms with Gasteiger partial charge in [0, 0.05) is 19.3 Å². The molecule has 16 heavy (non-hydrogen) atoms. The third kappa shape index (κ3) is 2.52. The van der Waals surface area contributed by atoms with Gasteiger partial charge in [-0.1, -0.05) is 0 Å². The van der Waals surface area contributed by atoms with Crippen molar-refractivity contribution in [2.45, 2.75) is 25.5 Å². The van der Waals surface area contributed by atoms with Crippen molar-refractivity contribution in [1.29, 1.82) is 0 Å². The van der Waals surface area contributed by atoms with Gasteiger partial charge in [0.05, 0.1) is 18.0 Å². The maximum absolute atomic E-state index is 11.8. The minimum atomic E-state index is -0.260. The standard InChI is InChI=1S/C10H16N4O2/c11-8-5-12-14(6-8)7-10(16)13-3-1-9(15)2-4-13/h5-6,9,15H,1-4,7,11H2. The smallest absolute Gasteiger partial charge is 0.244 e. The Kier molecular flexibility index (Phi) is 3.09. The molecule has 0 bridgehead atoms. The molecule has 1 aromatic heterocycles. The summed E-state index contributed by atoms with van der Waals surface area (Å²) in [6.07, 6.45) is 4.22. The first kappa shape index (κ1) is 10.9. The van der Waals surface area contributed by atoms with E-state index >= 15 is 0 Å². The SMILES string of the molecule is Nc1cnn(CC(=O)N2CCC(O)CC2)c1. The fourth-order valence-corrected chi connectivity index (χ4v) is 1.82. The van der Waals surface area contributed by atoms with Crippen LogP contribution in [0.1, 0.15) is 12.8 Å². The summed E-state index contributed by atoms with van der Waals surface area (Å²) in [6.45, 7) is 1.46. The number of carbonyl (C=O) groups excluding carboxylic acids is 1. The summed E-state index contributed by atoms with van der Waals surface area (Å²) < 4.78 is 1.53. The number of likely N-dealkylation sites (tertiary alicyclic amines) is 1. The van der Waals surface area contributed by atoms with E-state index < -0.39 is 0 Å². The topological polar surface area (TPSA) is 84.4 Å². The molecule has 0 unspecified atom stereocenters. The van der Waals surface area contributed by atoms with Crippen molar-refractivity contribution in [1.82, 2.24) is 14.7 Å². The lowest BCUT2D eigenvalue weighted by molar-refractivity contribution is -0.134. The van der Waals surface area contributed by atoms with Crippen LogP contribution in [0.2, 0.25) is 0 Å². The predicted octanol–water partition coefficient (Wildman–Crippen LogP) is -0.551. The molecule has 1 saturated heterocycles. The number of amides is 1. The molecule has 2 heterocycles. The Hall–Kier alpha value is -1.56. The van der Waals surface area contributed by atoms with Crippen LogP contribution in [0.3, 0.4) is 0 Å². The van der Waals surface area contributed by atoms with E-state index in [0.29, 0.717) is 31.6 Å². The van der Waals surface area contributed by atoms with Crippen molar-refractivity contribution in [3.63, 3.8) is 0 Å². The van der Waals surface area contributed by atoms with E-state index in [-0.39, 0.29) is 18.6 Å². The van der Waals surface area contributed by atoms with Crippen LogP contribution < -0.4 is 5.73 Å². The van der Waals surface area contributed by atoms with Crippen molar-refractivity contribution in [2.24, 2.45) is 0 Å². The first-order valence-electron chi connectivity index (χ1n) is 5.39. The molecule has 1 aromatic rings. The molecule has 0 aromatic carbocycles. The Morgan fingerprint density at radius 1 is 1.56 bits per heavy atom. The number of piperidine rings is 1. The molecule has 6 heteroatoms. The number of aliphatic hydroxyl groups is 1. The van der Waals surface area contributed by atoms with Crippen molar-refractivity contribution in [2.75, 3.05) is 18.8 Å². The molecule has 3 N–H and O–H groups in total. The average Bonchev–Trinajstić information content (AvgIpc) is 2.65. The van der Waals surface area contributed by atoms with E-state index in [1.54, 1.807) is 11.1 Å². The van der Waals surface area contributed by atoms with Gasteiger partial charge < -0.3 is 15.7 Å². The second-order valence-corrected chi connectivity index (χ2v) is 4.08. The molecular formula is C10H16N4O2. The lowest BCUT2D eigenvalue weighted by atomic mass is 10.1. The molecule has 2 rings (SSSR count). The van der Waals surface area contributed by atoms with Gasteiger partial charge in [-0.25, -0.2) is 0 Å². The number of rotatable bonds is 2. The third-order valence-corrected chi connectivity index (χ3v) is 2.77. The monoisotopic (exact) mass is 224 g/mol. The van der Waals surface area contributed by atoms with Gasteiger partial charge in [0.2, 0.25) is 5.91 Å². The molecule has 0 spiro atoms.